The second-order valence-electron chi connectivity index (χ2n) is 11.6. The fourth-order valence-corrected chi connectivity index (χ4v) is 6.84. The number of benzene rings is 1. The number of aromatic amines is 1. The normalized spacial score (nSPS) is 26.8. The first-order valence-electron chi connectivity index (χ1n) is 13.1. The third-order valence-electron chi connectivity index (χ3n) is 8.88. The van der Waals surface area contributed by atoms with Crippen LogP contribution < -0.4 is 10.6 Å². The van der Waals surface area contributed by atoms with E-state index in [-0.39, 0.29) is 47.3 Å². The van der Waals surface area contributed by atoms with Crippen LogP contribution in [0.4, 0.5) is 0 Å². The van der Waals surface area contributed by atoms with Crippen molar-refractivity contribution in [1.29, 1.82) is 0 Å². The maximum atomic E-state index is 13.8. The Morgan fingerprint density at radius 3 is 2.65 bits per heavy atom. The molecule has 2 aliphatic heterocycles. The lowest BCUT2D eigenvalue weighted by atomic mass is 9.55. The van der Waals surface area contributed by atoms with Crippen molar-refractivity contribution in [2.24, 2.45) is 23.2 Å². The highest BCUT2D eigenvalue weighted by Crippen LogP contribution is 2.57. The average molecular weight is 509 g/mol. The van der Waals surface area contributed by atoms with E-state index in [1.807, 2.05) is 32.0 Å². The summed E-state index contributed by atoms with van der Waals surface area (Å²) in [5.74, 6) is -1.45. The highest BCUT2D eigenvalue weighted by molar-refractivity contribution is 6.01. The molecule has 3 heterocycles. The van der Waals surface area contributed by atoms with E-state index >= 15 is 0 Å². The lowest BCUT2D eigenvalue weighted by Crippen LogP contribution is -2.57. The summed E-state index contributed by atoms with van der Waals surface area (Å²) in [5.41, 5.74) is 3.49. The number of fused-ring (bicyclic) bond motifs is 2. The number of carbonyl (C=O) groups is 4. The molecule has 2 saturated heterocycles. The van der Waals surface area contributed by atoms with Crippen LogP contribution in [0.5, 0.6) is 0 Å². The lowest BCUT2D eigenvalue weighted by molar-refractivity contribution is -0.147. The van der Waals surface area contributed by atoms with Crippen LogP contribution in [-0.4, -0.2) is 65.9 Å². The van der Waals surface area contributed by atoms with Crippen molar-refractivity contribution in [3.8, 4) is 0 Å². The fourth-order valence-electron chi connectivity index (χ4n) is 6.84. The molecule has 198 valence electrons. The van der Waals surface area contributed by atoms with E-state index in [0.29, 0.717) is 25.2 Å². The predicted octanol–water partition coefficient (Wildman–Crippen LogP) is 2.46. The Labute approximate surface area is 216 Å². The molecule has 1 aliphatic carbocycles. The Morgan fingerprint density at radius 2 is 2.00 bits per heavy atom. The van der Waals surface area contributed by atoms with E-state index in [1.165, 1.54) is 7.11 Å². The molecule has 37 heavy (non-hydrogen) atoms. The number of likely N-dealkylation sites (tertiary alicyclic amines) is 1. The van der Waals surface area contributed by atoms with Crippen LogP contribution in [-0.2, 0) is 19.1 Å². The first kappa shape index (κ1) is 25.3. The smallest absolute Gasteiger partial charge is 0.328 e. The molecule has 1 saturated carbocycles. The van der Waals surface area contributed by atoms with Crippen LogP contribution in [0.15, 0.2) is 18.2 Å². The van der Waals surface area contributed by atoms with E-state index < -0.39 is 18.1 Å². The molecule has 5 rings (SSSR count). The summed E-state index contributed by atoms with van der Waals surface area (Å²) in [6.45, 7) is 9.35. The number of hydrogen-bond acceptors (Lipinski definition) is 5. The summed E-state index contributed by atoms with van der Waals surface area (Å²) < 4.78 is 4.95. The van der Waals surface area contributed by atoms with Gasteiger partial charge in [0.2, 0.25) is 11.8 Å². The molecular formula is C28H36N4O5. The Hall–Kier alpha value is -3.36. The number of rotatable bonds is 6. The number of nitrogens with one attached hydrogen (secondary N) is 3. The quantitative estimate of drug-likeness (QED) is 0.518. The van der Waals surface area contributed by atoms with Gasteiger partial charge >= 0.3 is 5.97 Å². The van der Waals surface area contributed by atoms with Gasteiger partial charge in [-0.15, -0.1) is 0 Å². The van der Waals surface area contributed by atoms with Crippen molar-refractivity contribution in [2.45, 2.75) is 59.0 Å². The minimum atomic E-state index is -0.954. The zero-order valence-corrected chi connectivity index (χ0v) is 22.1. The molecule has 1 aromatic carbocycles. The van der Waals surface area contributed by atoms with Crippen molar-refractivity contribution in [2.75, 3.05) is 20.2 Å². The maximum Gasteiger partial charge on any atom is 0.328 e. The number of aryl methyl sites for hydroxylation is 2. The molecule has 5 atom stereocenters. The monoisotopic (exact) mass is 508 g/mol. The van der Waals surface area contributed by atoms with Gasteiger partial charge in [0.1, 0.15) is 17.8 Å². The Bertz CT molecular complexity index is 1280. The Kier molecular flexibility index (Phi) is 6.28. The molecule has 3 aliphatic rings. The Balaban J connectivity index is 1.42. The van der Waals surface area contributed by atoms with Crippen LogP contribution in [0.25, 0.3) is 10.9 Å². The van der Waals surface area contributed by atoms with Crippen LogP contribution in [0, 0.1) is 37.0 Å². The largest absolute Gasteiger partial charge is 0.467 e. The molecule has 0 radical (unpaired) electrons. The molecule has 3 fully saturated rings. The molecule has 1 aromatic heterocycles. The number of hydrogen-bond donors (Lipinski definition) is 3. The van der Waals surface area contributed by atoms with Gasteiger partial charge in [0.05, 0.1) is 7.11 Å². The summed E-state index contributed by atoms with van der Waals surface area (Å²) in [6.07, 6.45) is 1.70. The zero-order chi connectivity index (χ0) is 26.6. The standard InChI is InChI=1S/C28H36N4O5/c1-14-6-7-16-10-19(30-22(16)15(14)2)26(35)32-13-18-12-28(3,4)21(18)23(32)25(34)31-20(27(36)37-5)11-17-8-9-29-24(17)33/h6-7,10,17-18,20-21,23,30H,8-9,11-13H2,1-5H3,(H,29,33)(H,31,34)/t17-,18-,20-,21-,23-/m0/s1. The number of amides is 3. The Morgan fingerprint density at radius 1 is 1.24 bits per heavy atom. The fraction of sp³-hybridized carbons (Fsp3) is 0.571. The zero-order valence-electron chi connectivity index (χ0n) is 22.1. The number of carbonyl (C=O) groups excluding carboxylic acids is 4. The summed E-state index contributed by atoms with van der Waals surface area (Å²) in [6, 6.07) is 4.21. The van der Waals surface area contributed by atoms with E-state index in [1.54, 1.807) is 4.90 Å². The van der Waals surface area contributed by atoms with Gasteiger partial charge in [-0.25, -0.2) is 4.79 Å². The molecule has 9 heteroatoms. The van der Waals surface area contributed by atoms with Crippen molar-refractivity contribution in [3.05, 3.63) is 35.0 Å². The van der Waals surface area contributed by atoms with Gasteiger partial charge in [0.25, 0.3) is 5.91 Å². The molecule has 9 nitrogen and oxygen atoms in total. The van der Waals surface area contributed by atoms with Crippen molar-refractivity contribution >= 4 is 34.6 Å². The number of esters is 1. The lowest BCUT2D eigenvalue weighted by Gasteiger charge is -2.49. The van der Waals surface area contributed by atoms with Gasteiger partial charge in [-0.1, -0.05) is 26.0 Å². The third-order valence-corrected chi connectivity index (χ3v) is 8.88. The summed E-state index contributed by atoms with van der Waals surface area (Å²) >= 11 is 0. The molecule has 3 amide bonds. The molecule has 0 bridgehead atoms. The average Bonchev–Trinajstić information content (AvgIpc) is 3.56. The number of ether oxygens (including phenoxy) is 1. The van der Waals surface area contributed by atoms with Gasteiger partial charge in [0, 0.05) is 29.9 Å². The molecular weight excluding hydrogens is 472 g/mol. The molecule has 0 unspecified atom stereocenters. The topological polar surface area (TPSA) is 121 Å². The van der Waals surface area contributed by atoms with Crippen LogP contribution in [0.1, 0.15) is 54.7 Å². The van der Waals surface area contributed by atoms with Gasteiger partial charge < -0.3 is 25.3 Å². The molecule has 2 aromatic rings. The summed E-state index contributed by atoms with van der Waals surface area (Å²) in [5, 5.41) is 6.59. The van der Waals surface area contributed by atoms with E-state index in [4.69, 9.17) is 4.74 Å². The third kappa shape index (κ3) is 4.28. The number of H-pyrrole nitrogens is 1. The minimum absolute atomic E-state index is 0.0158. The number of nitrogens with zero attached hydrogens (tertiary/aromatic N) is 1. The van der Waals surface area contributed by atoms with E-state index in [2.05, 4.69) is 29.5 Å². The van der Waals surface area contributed by atoms with Gasteiger partial charge in [0.15, 0.2) is 0 Å². The van der Waals surface area contributed by atoms with E-state index in [0.717, 1.165) is 28.5 Å². The van der Waals surface area contributed by atoms with Gasteiger partial charge in [-0.05, 0) is 67.6 Å². The first-order valence-corrected chi connectivity index (χ1v) is 13.1. The summed E-state index contributed by atoms with van der Waals surface area (Å²) in [7, 11) is 1.27. The first-order chi connectivity index (χ1) is 17.5. The highest BCUT2D eigenvalue weighted by atomic mass is 16.5. The van der Waals surface area contributed by atoms with Crippen molar-refractivity contribution < 1.29 is 23.9 Å². The van der Waals surface area contributed by atoms with Crippen LogP contribution in [0.2, 0.25) is 0 Å². The second-order valence-corrected chi connectivity index (χ2v) is 11.6. The second kappa shape index (κ2) is 9.19. The number of aromatic nitrogens is 1. The molecule has 3 N–H and O–H groups in total. The van der Waals surface area contributed by atoms with Gasteiger partial charge in [-0.3, -0.25) is 14.4 Å². The van der Waals surface area contributed by atoms with Crippen molar-refractivity contribution in [3.63, 3.8) is 0 Å². The highest BCUT2D eigenvalue weighted by Gasteiger charge is 2.61. The maximum absolute atomic E-state index is 13.8. The number of methoxy groups -OCH3 is 1. The molecule has 0 spiro atoms. The van der Waals surface area contributed by atoms with Gasteiger partial charge in [-0.2, -0.15) is 0 Å². The van der Waals surface area contributed by atoms with Crippen LogP contribution in [0.3, 0.4) is 0 Å². The van der Waals surface area contributed by atoms with Crippen molar-refractivity contribution in [1.82, 2.24) is 20.5 Å². The van der Waals surface area contributed by atoms with Crippen LogP contribution >= 0.6 is 0 Å². The summed E-state index contributed by atoms with van der Waals surface area (Å²) in [4.78, 5) is 57.3. The van der Waals surface area contributed by atoms with E-state index in [9.17, 15) is 19.2 Å². The SMILES string of the molecule is COC(=O)[C@H](C[C@@H]1CCNC1=O)NC(=O)[C@@H]1[C@@H]2[C@H](CN1C(=O)c1cc3ccc(C)c(C)c3[nH]1)CC2(C)C. The minimum Gasteiger partial charge on any atom is -0.467 e. The predicted molar refractivity (Wildman–Crippen MR) is 138 cm³/mol.